The van der Waals surface area contributed by atoms with Crippen LogP contribution in [0.1, 0.15) is 28.3 Å². The topological polar surface area (TPSA) is 12.0 Å². The second-order valence-corrected chi connectivity index (χ2v) is 5.61. The molecule has 1 unspecified atom stereocenters. The molecule has 0 aliphatic rings. The number of rotatable bonds is 4. The highest BCUT2D eigenvalue weighted by Gasteiger charge is 2.13. The van der Waals surface area contributed by atoms with Crippen molar-refractivity contribution in [3.05, 3.63) is 69.5 Å². The van der Waals surface area contributed by atoms with E-state index < -0.39 is 0 Å². The van der Waals surface area contributed by atoms with E-state index >= 15 is 0 Å². The Hall–Kier alpha value is -1.38. The Kier molecular flexibility index (Phi) is 4.79. The van der Waals surface area contributed by atoms with Crippen LogP contribution in [0.4, 0.5) is 4.39 Å². The molecule has 0 heterocycles. The van der Waals surface area contributed by atoms with Crippen molar-refractivity contribution in [3.8, 4) is 0 Å². The lowest BCUT2D eigenvalue weighted by molar-refractivity contribution is 0.586. The minimum atomic E-state index is -0.189. The molecule has 2 aromatic carbocycles. The van der Waals surface area contributed by atoms with Crippen LogP contribution in [0.5, 0.6) is 0 Å². The zero-order valence-electron chi connectivity index (χ0n) is 12.0. The van der Waals surface area contributed by atoms with Crippen LogP contribution in [-0.4, -0.2) is 7.05 Å². The van der Waals surface area contributed by atoms with Crippen LogP contribution < -0.4 is 5.32 Å². The van der Waals surface area contributed by atoms with Crippen molar-refractivity contribution in [3.63, 3.8) is 0 Å². The first kappa shape index (κ1) is 15.0. The summed E-state index contributed by atoms with van der Waals surface area (Å²) in [5, 5.41) is 4.06. The van der Waals surface area contributed by atoms with Crippen LogP contribution in [0.15, 0.2) is 36.4 Å². The number of hydrogen-bond acceptors (Lipinski definition) is 1. The summed E-state index contributed by atoms with van der Waals surface area (Å²) in [6, 6.07) is 11.2. The third kappa shape index (κ3) is 3.59. The molecule has 0 aromatic heterocycles. The van der Waals surface area contributed by atoms with Gasteiger partial charge in [-0.25, -0.2) is 4.39 Å². The molecule has 0 fully saturated rings. The lowest BCUT2D eigenvalue weighted by Crippen LogP contribution is -2.19. The van der Waals surface area contributed by atoms with Gasteiger partial charge < -0.3 is 5.32 Å². The zero-order chi connectivity index (χ0) is 14.7. The average molecular weight is 292 g/mol. The molecule has 0 amide bonds. The maximum absolute atomic E-state index is 13.2. The van der Waals surface area contributed by atoms with Gasteiger partial charge in [-0.1, -0.05) is 23.7 Å². The van der Waals surface area contributed by atoms with Crippen molar-refractivity contribution in [2.45, 2.75) is 26.3 Å². The van der Waals surface area contributed by atoms with E-state index in [9.17, 15) is 4.39 Å². The van der Waals surface area contributed by atoms with Crippen molar-refractivity contribution < 1.29 is 4.39 Å². The summed E-state index contributed by atoms with van der Waals surface area (Å²) in [6.07, 6.45) is 0.808. The van der Waals surface area contributed by atoms with E-state index in [4.69, 9.17) is 11.6 Å². The molecule has 0 radical (unpaired) electrons. The fourth-order valence-corrected chi connectivity index (χ4v) is 2.76. The third-order valence-corrected chi connectivity index (χ3v) is 3.76. The molecule has 0 bridgehead atoms. The van der Waals surface area contributed by atoms with Crippen LogP contribution in [0, 0.1) is 19.7 Å². The standard InChI is InChI=1S/C17H19ClFN/c1-11-6-14(9-15(18)7-11)17(20-3)10-13-4-5-16(19)8-12(13)2/h4-9,17,20H,10H2,1-3H3. The predicted molar refractivity (Wildman–Crippen MR) is 82.8 cm³/mol. The smallest absolute Gasteiger partial charge is 0.123 e. The highest BCUT2D eigenvalue weighted by molar-refractivity contribution is 6.30. The molecule has 0 aliphatic carbocycles. The maximum Gasteiger partial charge on any atom is 0.123 e. The Labute approximate surface area is 124 Å². The van der Waals surface area contributed by atoms with Gasteiger partial charge in [0.25, 0.3) is 0 Å². The normalized spacial score (nSPS) is 12.4. The van der Waals surface area contributed by atoms with Crippen LogP contribution >= 0.6 is 11.6 Å². The molecule has 1 atom stereocenters. The number of likely N-dealkylation sites (N-methyl/N-ethyl adjacent to an activating group) is 1. The Balaban J connectivity index is 2.28. The molecule has 2 aromatic rings. The summed E-state index contributed by atoms with van der Waals surface area (Å²) in [4.78, 5) is 0. The molecule has 0 saturated carbocycles. The van der Waals surface area contributed by atoms with Gasteiger partial charge >= 0.3 is 0 Å². The van der Waals surface area contributed by atoms with Gasteiger partial charge in [-0.05, 0) is 73.8 Å². The van der Waals surface area contributed by atoms with Crippen molar-refractivity contribution in [1.29, 1.82) is 0 Å². The molecule has 1 nitrogen and oxygen atoms in total. The van der Waals surface area contributed by atoms with Gasteiger partial charge in [-0.15, -0.1) is 0 Å². The third-order valence-electron chi connectivity index (χ3n) is 3.54. The first-order valence-corrected chi connectivity index (χ1v) is 7.07. The van der Waals surface area contributed by atoms with Crippen LogP contribution in [0.3, 0.4) is 0 Å². The summed E-state index contributed by atoms with van der Waals surface area (Å²) in [6.45, 7) is 3.97. The Morgan fingerprint density at radius 3 is 2.50 bits per heavy atom. The zero-order valence-corrected chi connectivity index (χ0v) is 12.8. The predicted octanol–water partition coefficient (Wildman–Crippen LogP) is 4.60. The summed E-state index contributed by atoms with van der Waals surface area (Å²) in [5.74, 6) is -0.189. The molecular weight excluding hydrogens is 273 g/mol. The quantitative estimate of drug-likeness (QED) is 0.868. The first-order chi connectivity index (χ1) is 9.49. The van der Waals surface area contributed by atoms with Gasteiger partial charge in [0.15, 0.2) is 0 Å². The van der Waals surface area contributed by atoms with Crippen molar-refractivity contribution in [2.75, 3.05) is 7.05 Å². The van der Waals surface area contributed by atoms with Gasteiger partial charge in [0.05, 0.1) is 0 Å². The van der Waals surface area contributed by atoms with Crippen LogP contribution in [0.2, 0.25) is 5.02 Å². The van der Waals surface area contributed by atoms with E-state index in [1.165, 1.54) is 6.07 Å². The van der Waals surface area contributed by atoms with E-state index in [0.717, 1.165) is 33.7 Å². The number of hydrogen-bond donors (Lipinski definition) is 1. The fourth-order valence-electron chi connectivity index (χ4n) is 2.46. The minimum absolute atomic E-state index is 0.163. The van der Waals surface area contributed by atoms with E-state index in [0.29, 0.717) is 0 Å². The second kappa shape index (κ2) is 6.38. The van der Waals surface area contributed by atoms with Gasteiger partial charge in [0, 0.05) is 11.1 Å². The van der Waals surface area contributed by atoms with Gasteiger partial charge in [-0.2, -0.15) is 0 Å². The molecular formula is C17H19ClFN. The van der Waals surface area contributed by atoms with Crippen molar-refractivity contribution in [2.24, 2.45) is 0 Å². The molecule has 2 rings (SSSR count). The number of nitrogens with one attached hydrogen (secondary N) is 1. The number of benzene rings is 2. The van der Waals surface area contributed by atoms with E-state index in [2.05, 4.69) is 11.4 Å². The summed E-state index contributed by atoms with van der Waals surface area (Å²) >= 11 is 6.13. The van der Waals surface area contributed by atoms with Gasteiger partial charge in [-0.3, -0.25) is 0 Å². The summed E-state index contributed by atoms with van der Waals surface area (Å²) in [5.41, 5.74) is 4.41. The maximum atomic E-state index is 13.2. The number of aryl methyl sites for hydroxylation is 2. The van der Waals surface area contributed by atoms with E-state index in [1.807, 2.05) is 39.1 Å². The van der Waals surface area contributed by atoms with Crippen molar-refractivity contribution in [1.82, 2.24) is 5.32 Å². The van der Waals surface area contributed by atoms with Gasteiger partial charge in [0.2, 0.25) is 0 Å². The molecule has 1 N–H and O–H groups in total. The van der Waals surface area contributed by atoms with Gasteiger partial charge in [0.1, 0.15) is 5.82 Å². The fraction of sp³-hybridized carbons (Fsp3) is 0.294. The highest BCUT2D eigenvalue weighted by Crippen LogP contribution is 2.24. The summed E-state index contributed by atoms with van der Waals surface area (Å²) in [7, 11) is 1.93. The molecule has 0 saturated heterocycles. The van der Waals surface area contributed by atoms with Crippen LogP contribution in [-0.2, 0) is 6.42 Å². The highest BCUT2D eigenvalue weighted by atomic mass is 35.5. The lowest BCUT2D eigenvalue weighted by atomic mass is 9.95. The number of halogens is 2. The Bertz CT molecular complexity index is 590. The van der Waals surface area contributed by atoms with E-state index in [1.54, 1.807) is 6.07 Å². The van der Waals surface area contributed by atoms with Crippen LogP contribution in [0.25, 0.3) is 0 Å². The van der Waals surface area contributed by atoms with Crippen molar-refractivity contribution >= 4 is 11.6 Å². The molecule has 0 spiro atoms. The Morgan fingerprint density at radius 1 is 1.15 bits per heavy atom. The summed E-state index contributed by atoms with van der Waals surface area (Å²) < 4.78 is 13.2. The lowest BCUT2D eigenvalue weighted by Gasteiger charge is -2.19. The average Bonchev–Trinajstić information content (AvgIpc) is 2.36. The second-order valence-electron chi connectivity index (χ2n) is 5.18. The SMILES string of the molecule is CNC(Cc1ccc(F)cc1C)c1cc(C)cc(Cl)c1. The molecule has 106 valence electrons. The minimum Gasteiger partial charge on any atom is -0.313 e. The molecule has 20 heavy (non-hydrogen) atoms. The largest absolute Gasteiger partial charge is 0.313 e. The molecule has 0 aliphatic heterocycles. The Morgan fingerprint density at radius 2 is 1.90 bits per heavy atom. The monoisotopic (exact) mass is 291 g/mol. The molecule has 3 heteroatoms. The van der Waals surface area contributed by atoms with E-state index in [-0.39, 0.29) is 11.9 Å². The first-order valence-electron chi connectivity index (χ1n) is 6.69.